The van der Waals surface area contributed by atoms with Crippen molar-refractivity contribution in [2.24, 2.45) is 0 Å². The summed E-state index contributed by atoms with van der Waals surface area (Å²) in [7, 11) is 0.478. The Morgan fingerprint density at radius 3 is 2.67 bits per heavy atom. The van der Waals surface area contributed by atoms with Crippen LogP contribution in [0.2, 0.25) is 0 Å². The molecule has 0 aromatic heterocycles. The summed E-state index contributed by atoms with van der Waals surface area (Å²) >= 11 is 0. The van der Waals surface area contributed by atoms with E-state index in [2.05, 4.69) is 0 Å². The molecule has 0 amide bonds. The summed E-state index contributed by atoms with van der Waals surface area (Å²) in [6, 6.07) is 14.8. The van der Waals surface area contributed by atoms with Crippen LogP contribution in [0.4, 0.5) is 5.69 Å². The minimum Gasteiger partial charge on any atom is -0.497 e. The molecule has 4 heteroatoms. The van der Waals surface area contributed by atoms with Crippen LogP contribution in [0, 0.1) is 0 Å². The number of hydrogen-bond donors (Lipinski definition) is 1. The number of anilines is 1. The van der Waals surface area contributed by atoms with Gasteiger partial charge in [-0.25, -0.2) is 0 Å². The van der Waals surface area contributed by atoms with Crippen molar-refractivity contribution < 1.29 is 8.95 Å². The smallest absolute Gasteiger partial charge is 0.120 e. The quantitative estimate of drug-likeness (QED) is 0.861. The van der Waals surface area contributed by atoms with E-state index in [9.17, 15) is 4.21 Å². The summed E-state index contributed by atoms with van der Waals surface area (Å²) in [4.78, 5) is 0.748. The lowest BCUT2D eigenvalue weighted by Crippen LogP contribution is -2.00. The lowest BCUT2D eigenvalue weighted by atomic mass is 10.2. The first kappa shape index (κ1) is 12.6. The molecule has 18 heavy (non-hydrogen) atoms. The van der Waals surface area contributed by atoms with Crippen molar-refractivity contribution in [3.05, 3.63) is 54.1 Å². The number of methoxy groups -OCH3 is 1. The molecule has 0 spiro atoms. The molecule has 0 saturated heterocycles. The van der Waals surface area contributed by atoms with Gasteiger partial charge >= 0.3 is 0 Å². The number of hydrogen-bond acceptors (Lipinski definition) is 3. The van der Waals surface area contributed by atoms with Crippen molar-refractivity contribution in [2.75, 3.05) is 12.8 Å². The first-order valence-electron chi connectivity index (χ1n) is 5.56. The van der Waals surface area contributed by atoms with Crippen molar-refractivity contribution in [1.29, 1.82) is 0 Å². The van der Waals surface area contributed by atoms with E-state index in [1.165, 1.54) is 0 Å². The Morgan fingerprint density at radius 1 is 1.17 bits per heavy atom. The van der Waals surface area contributed by atoms with Crippen LogP contribution in [-0.2, 0) is 16.6 Å². The van der Waals surface area contributed by atoms with E-state index >= 15 is 0 Å². The van der Waals surface area contributed by atoms with Gasteiger partial charge in [-0.2, -0.15) is 0 Å². The van der Waals surface area contributed by atoms with Crippen LogP contribution in [0.5, 0.6) is 5.75 Å². The zero-order valence-corrected chi connectivity index (χ0v) is 10.9. The molecule has 0 saturated carbocycles. The van der Waals surface area contributed by atoms with Gasteiger partial charge in [-0.3, -0.25) is 4.21 Å². The fraction of sp³-hybridized carbons (Fsp3) is 0.143. The molecule has 0 heterocycles. The lowest BCUT2D eigenvalue weighted by Gasteiger charge is -2.07. The van der Waals surface area contributed by atoms with Gasteiger partial charge in [0.1, 0.15) is 5.75 Å². The van der Waals surface area contributed by atoms with E-state index in [1.807, 2.05) is 42.5 Å². The maximum atomic E-state index is 12.2. The zero-order chi connectivity index (χ0) is 13.0. The first-order chi connectivity index (χ1) is 8.70. The summed E-state index contributed by atoms with van der Waals surface area (Å²) < 4.78 is 17.4. The zero-order valence-electron chi connectivity index (χ0n) is 10.1. The Kier molecular flexibility index (Phi) is 3.99. The first-order valence-corrected chi connectivity index (χ1v) is 6.88. The fourth-order valence-electron chi connectivity index (χ4n) is 1.63. The Labute approximate surface area is 109 Å². The normalized spacial score (nSPS) is 12.1. The van der Waals surface area contributed by atoms with Gasteiger partial charge in [-0.15, -0.1) is 0 Å². The molecular weight excluding hydrogens is 246 g/mol. The highest BCUT2D eigenvalue weighted by molar-refractivity contribution is 7.84. The largest absolute Gasteiger partial charge is 0.497 e. The number of ether oxygens (including phenoxy) is 1. The highest BCUT2D eigenvalue weighted by Crippen LogP contribution is 2.20. The topological polar surface area (TPSA) is 52.3 Å². The molecule has 2 aromatic rings. The summed E-state index contributed by atoms with van der Waals surface area (Å²) in [5, 5.41) is 0. The number of benzene rings is 2. The molecule has 1 unspecified atom stereocenters. The number of nitrogen functional groups attached to an aromatic ring is 1. The SMILES string of the molecule is COc1cccc(S(=O)Cc2ccccc2N)c1. The lowest BCUT2D eigenvalue weighted by molar-refractivity contribution is 0.413. The van der Waals surface area contributed by atoms with Crippen molar-refractivity contribution in [3.63, 3.8) is 0 Å². The van der Waals surface area contributed by atoms with Crippen molar-refractivity contribution in [3.8, 4) is 5.75 Å². The molecule has 1 atom stereocenters. The number of para-hydroxylation sites is 1. The molecular formula is C14H15NO2S. The monoisotopic (exact) mass is 261 g/mol. The van der Waals surface area contributed by atoms with Crippen molar-refractivity contribution in [2.45, 2.75) is 10.6 Å². The van der Waals surface area contributed by atoms with Gasteiger partial charge in [-0.1, -0.05) is 24.3 Å². The Balaban J connectivity index is 2.19. The van der Waals surface area contributed by atoms with Gasteiger partial charge in [0.2, 0.25) is 0 Å². The molecule has 3 nitrogen and oxygen atoms in total. The predicted octanol–water partition coefficient (Wildman–Crippen LogP) is 2.59. The molecule has 0 aliphatic carbocycles. The standard InChI is InChI=1S/C14H15NO2S/c1-17-12-6-4-7-13(9-12)18(16)10-11-5-2-3-8-14(11)15/h2-9H,10,15H2,1H3. The van der Waals surface area contributed by atoms with E-state index in [0.29, 0.717) is 17.2 Å². The summed E-state index contributed by atoms with van der Waals surface area (Å²) in [6.07, 6.45) is 0. The van der Waals surface area contributed by atoms with E-state index in [0.717, 1.165) is 10.5 Å². The molecule has 0 radical (unpaired) electrons. The van der Waals surface area contributed by atoms with Crippen LogP contribution in [0.1, 0.15) is 5.56 Å². The van der Waals surface area contributed by atoms with Crippen LogP contribution in [0.3, 0.4) is 0 Å². The van der Waals surface area contributed by atoms with Crippen LogP contribution < -0.4 is 10.5 Å². The maximum Gasteiger partial charge on any atom is 0.120 e. The van der Waals surface area contributed by atoms with Crippen LogP contribution >= 0.6 is 0 Å². The fourth-order valence-corrected chi connectivity index (χ4v) is 2.82. The average Bonchev–Trinajstić information content (AvgIpc) is 2.41. The Hall–Kier alpha value is -1.81. The van der Waals surface area contributed by atoms with Crippen LogP contribution in [0.25, 0.3) is 0 Å². The average molecular weight is 261 g/mol. The third kappa shape index (κ3) is 2.90. The van der Waals surface area contributed by atoms with Crippen LogP contribution in [0.15, 0.2) is 53.4 Å². The van der Waals surface area contributed by atoms with Crippen LogP contribution in [-0.4, -0.2) is 11.3 Å². The molecule has 2 aromatic carbocycles. The summed E-state index contributed by atoms with van der Waals surface area (Å²) in [5.41, 5.74) is 7.42. The van der Waals surface area contributed by atoms with E-state index < -0.39 is 10.8 Å². The van der Waals surface area contributed by atoms with E-state index in [-0.39, 0.29) is 0 Å². The van der Waals surface area contributed by atoms with Gasteiger partial charge < -0.3 is 10.5 Å². The third-order valence-electron chi connectivity index (χ3n) is 2.65. The highest BCUT2D eigenvalue weighted by Gasteiger charge is 2.08. The molecule has 0 aliphatic rings. The molecule has 0 fully saturated rings. The molecule has 94 valence electrons. The third-order valence-corrected chi connectivity index (χ3v) is 4.00. The summed E-state index contributed by atoms with van der Waals surface area (Å²) in [6.45, 7) is 0. The van der Waals surface area contributed by atoms with E-state index in [1.54, 1.807) is 13.2 Å². The number of nitrogens with two attached hydrogens (primary N) is 1. The van der Waals surface area contributed by atoms with Crippen molar-refractivity contribution in [1.82, 2.24) is 0 Å². The maximum absolute atomic E-state index is 12.2. The predicted molar refractivity (Wildman–Crippen MR) is 74.0 cm³/mol. The second-order valence-corrected chi connectivity index (χ2v) is 5.32. The molecule has 0 aliphatic heterocycles. The van der Waals surface area contributed by atoms with Gasteiger partial charge in [0.25, 0.3) is 0 Å². The second kappa shape index (κ2) is 5.69. The van der Waals surface area contributed by atoms with E-state index in [4.69, 9.17) is 10.5 Å². The molecule has 2 rings (SSSR count). The van der Waals surface area contributed by atoms with Gasteiger partial charge in [0.15, 0.2) is 0 Å². The molecule has 2 N–H and O–H groups in total. The minimum absolute atomic E-state index is 0.417. The Bertz CT molecular complexity index is 569. The molecule has 0 bridgehead atoms. The van der Waals surface area contributed by atoms with Crippen molar-refractivity contribution >= 4 is 16.5 Å². The Morgan fingerprint density at radius 2 is 1.94 bits per heavy atom. The summed E-state index contributed by atoms with van der Waals surface area (Å²) in [5.74, 6) is 1.13. The minimum atomic E-state index is -1.12. The highest BCUT2D eigenvalue weighted by atomic mass is 32.2. The van der Waals surface area contributed by atoms with Gasteiger partial charge in [0.05, 0.1) is 23.7 Å². The van der Waals surface area contributed by atoms with Gasteiger partial charge in [0, 0.05) is 10.6 Å². The van der Waals surface area contributed by atoms with Gasteiger partial charge in [-0.05, 0) is 29.8 Å². The second-order valence-electron chi connectivity index (χ2n) is 3.87. The number of rotatable bonds is 4.